The maximum atomic E-state index is 13.9. The summed E-state index contributed by atoms with van der Waals surface area (Å²) in [4.78, 5) is 12.0. The zero-order chi connectivity index (χ0) is 14.9. The Kier molecular flexibility index (Phi) is 4.35. The molecule has 1 fully saturated rings. The predicted octanol–water partition coefficient (Wildman–Crippen LogP) is 1.51. The number of nitrogens with two attached hydrogens (primary N) is 1. The van der Waals surface area contributed by atoms with E-state index in [2.05, 4.69) is 5.32 Å². The highest BCUT2D eigenvalue weighted by Gasteiger charge is 2.41. The molecule has 0 bridgehead atoms. The summed E-state index contributed by atoms with van der Waals surface area (Å²) in [5.41, 5.74) is 5.44. The zero-order valence-corrected chi connectivity index (χ0v) is 11.5. The molecule has 2 rings (SSSR count). The van der Waals surface area contributed by atoms with E-state index in [1.54, 1.807) is 0 Å². The number of nitrogens with one attached hydrogen (secondary N) is 1. The molecule has 1 aliphatic rings. The van der Waals surface area contributed by atoms with Gasteiger partial charge in [0.25, 0.3) is 5.91 Å². The third kappa shape index (κ3) is 2.66. The summed E-state index contributed by atoms with van der Waals surface area (Å²) in [5.74, 6) is -2.52. The predicted molar refractivity (Wildman–Crippen MR) is 70.4 cm³/mol. The van der Waals surface area contributed by atoms with E-state index in [9.17, 15) is 13.6 Å². The second-order valence-corrected chi connectivity index (χ2v) is 4.95. The van der Waals surface area contributed by atoms with Crippen molar-refractivity contribution in [1.82, 2.24) is 5.32 Å². The van der Waals surface area contributed by atoms with Gasteiger partial charge in [0.2, 0.25) is 0 Å². The zero-order valence-electron chi connectivity index (χ0n) is 11.5. The smallest absolute Gasteiger partial charge is 0.257 e. The number of benzene rings is 1. The van der Waals surface area contributed by atoms with Crippen molar-refractivity contribution in [1.29, 1.82) is 0 Å². The third-order valence-electron chi connectivity index (χ3n) is 3.56. The van der Waals surface area contributed by atoms with Crippen LogP contribution in [-0.2, 0) is 4.74 Å². The average molecular weight is 284 g/mol. The van der Waals surface area contributed by atoms with E-state index in [0.717, 1.165) is 6.07 Å². The number of carbonyl (C=O) groups excluding carboxylic acids is 1. The van der Waals surface area contributed by atoms with Gasteiger partial charge < -0.3 is 15.8 Å². The number of hydrogen-bond donors (Lipinski definition) is 2. The first kappa shape index (κ1) is 14.9. The molecule has 1 aromatic carbocycles. The number of rotatable bonds is 4. The monoisotopic (exact) mass is 284 g/mol. The van der Waals surface area contributed by atoms with Gasteiger partial charge in [-0.25, -0.2) is 8.78 Å². The quantitative estimate of drug-likeness (QED) is 0.881. The van der Waals surface area contributed by atoms with Crippen molar-refractivity contribution in [2.24, 2.45) is 5.73 Å². The molecule has 110 valence electrons. The van der Waals surface area contributed by atoms with Gasteiger partial charge in [-0.15, -0.1) is 0 Å². The van der Waals surface area contributed by atoms with E-state index in [0.29, 0.717) is 13.0 Å². The van der Waals surface area contributed by atoms with Gasteiger partial charge in [0.1, 0.15) is 17.2 Å². The summed E-state index contributed by atoms with van der Waals surface area (Å²) in [6, 6.07) is 1.70. The largest absolute Gasteiger partial charge is 0.376 e. The highest BCUT2D eigenvalue weighted by Crippen LogP contribution is 2.24. The number of hydrogen-bond acceptors (Lipinski definition) is 3. The van der Waals surface area contributed by atoms with Crippen molar-refractivity contribution in [3.05, 3.63) is 34.9 Å². The summed E-state index contributed by atoms with van der Waals surface area (Å²) in [7, 11) is 0. The first-order valence-electron chi connectivity index (χ1n) is 6.58. The molecular formula is C14H18F2N2O2. The van der Waals surface area contributed by atoms with E-state index < -0.39 is 29.1 Å². The number of carbonyl (C=O) groups is 1. The van der Waals surface area contributed by atoms with Crippen molar-refractivity contribution in [2.75, 3.05) is 6.61 Å². The summed E-state index contributed by atoms with van der Waals surface area (Å²) in [5, 5.41) is 2.56. The van der Waals surface area contributed by atoms with Gasteiger partial charge in [-0.2, -0.15) is 0 Å². The van der Waals surface area contributed by atoms with Gasteiger partial charge in [-0.3, -0.25) is 4.79 Å². The molecule has 3 unspecified atom stereocenters. The van der Waals surface area contributed by atoms with Gasteiger partial charge in [-0.1, -0.05) is 6.07 Å². The Morgan fingerprint density at radius 2 is 2.20 bits per heavy atom. The lowest BCUT2D eigenvalue weighted by molar-refractivity contribution is -0.0301. The standard InChI is InChI=1S/C14H18F2N2O2/c1-3-20-10-6-9(17)13(10)18-14(19)11-8(15)5-4-7(2)12(11)16/h4-5,9-10,13H,3,6,17H2,1-2H3,(H,18,19). The molecule has 0 spiro atoms. The third-order valence-corrected chi connectivity index (χ3v) is 3.56. The lowest BCUT2D eigenvalue weighted by Crippen LogP contribution is -2.64. The summed E-state index contributed by atoms with van der Waals surface area (Å²) < 4.78 is 32.9. The van der Waals surface area contributed by atoms with Crippen LogP contribution in [0, 0.1) is 18.6 Å². The fourth-order valence-electron chi connectivity index (χ4n) is 2.32. The minimum absolute atomic E-state index is 0.199. The van der Waals surface area contributed by atoms with Crippen LogP contribution < -0.4 is 11.1 Å². The van der Waals surface area contributed by atoms with Crippen molar-refractivity contribution in [3.63, 3.8) is 0 Å². The Bertz CT molecular complexity index is 520. The molecule has 0 heterocycles. The van der Waals surface area contributed by atoms with Gasteiger partial charge in [-0.05, 0) is 31.9 Å². The molecule has 1 amide bonds. The SMILES string of the molecule is CCOC1CC(N)C1NC(=O)c1c(F)ccc(C)c1F. The summed E-state index contributed by atoms with van der Waals surface area (Å²) >= 11 is 0. The van der Waals surface area contributed by atoms with Crippen molar-refractivity contribution in [2.45, 2.75) is 38.5 Å². The number of halogens is 2. The lowest BCUT2D eigenvalue weighted by Gasteiger charge is -2.42. The van der Waals surface area contributed by atoms with E-state index in [4.69, 9.17) is 10.5 Å². The first-order chi connectivity index (χ1) is 9.45. The highest BCUT2D eigenvalue weighted by atomic mass is 19.1. The van der Waals surface area contributed by atoms with Gasteiger partial charge in [0.05, 0.1) is 12.1 Å². The minimum Gasteiger partial charge on any atom is -0.376 e. The number of amides is 1. The fraction of sp³-hybridized carbons (Fsp3) is 0.500. The normalized spacial score (nSPS) is 25.1. The lowest BCUT2D eigenvalue weighted by atomic mass is 9.83. The molecule has 3 N–H and O–H groups in total. The Morgan fingerprint density at radius 1 is 1.50 bits per heavy atom. The van der Waals surface area contributed by atoms with Crippen LogP contribution in [0.4, 0.5) is 8.78 Å². The number of aryl methyl sites for hydroxylation is 1. The topological polar surface area (TPSA) is 64.3 Å². The molecule has 3 atom stereocenters. The van der Waals surface area contributed by atoms with E-state index in [1.165, 1.54) is 13.0 Å². The van der Waals surface area contributed by atoms with Crippen molar-refractivity contribution in [3.8, 4) is 0 Å². The Balaban J connectivity index is 2.15. The van der Waals surface area contributed by atoms with Crippen LogP contribution in [-0.4, -0.2) is 30.7 Å². The second-order valence-electron chi connectivity index (χ2n) is 4.95. The van der Waals surface area contributed by atoms with Crippen molar-refractivity contribution >= 4 is 5.91 Å². The molecule has 4 nitrogen and oxygen atoms in total. The van der Waals surface area contributed by atoms with Gasteiger partial charge in [0.15, 0.2) is 0 Å². The van der Waals surface area contributed by atoms with Crippen LogP contribution in [0.5, 0.6) is 0 Å². The van der Waals surface area contributed by atoms with E-state index >= 15 is 0 Å². The Labute approximate surface area is 116 Å². The average Bonchev–Trinajstić information content (AvgIpc) is 2.41. The van der Waals surface area contributed by atoms with E-state index in [1.807, 2.05) is 6.92 Å². The molecule has 0 saturated heterocycles. The van der Waals surface area contributed by atoms with Crippen molar-refractivity contribution < 1.29 is 18.3 Å². The Hall–Kier alpha value is -1.53. The minimum atomic E-state index is -0.883. The molecule has 0 aromatic heterocycles. The van der Waals surface area contributed by atoms with Gasteiger partial charge >= 0.3 is 0 Å². The van der Waals surface area contributed by atoms with Crippen LogP contribution in [0.25, 0.3) is 0 Å². The number of ether oxygens (including phenoxy) is 1. The summed E-state index contributed by atoms with van der Waals surface area (Å²) in [6.45, 7) is 3.81. The molecule has 1 saturated carbocycles. The van der Waals surface area contributed by atoms with Crippen LogP contribution >= 0.6 is 0 Å². The highest BCUT2D eigenvalue weighted by molar-refractivity contribution is 5.95. The molecule has 0 radical (unpaired) electrons. The summed E-state index contributed by atoms with van der Waals surface area (Å²) in [6.07, 6.45) is 0.423. The second kappa shape index (κ2) is 5.85. The molecule has 1 aliphatic carbocycles. The van der Waals surface area contributed by atoms with Crippen LogP contribution in [0.3, 0.4) is 0 Å². The van der Waals surface area contributed by atoms with Gasteiger partial charge in [0, 0.05) is 12.6 Å². The molecule has 20 heavy (non-hydrogen) atoms. The van der Waals surface area contributed by atoms with E-state index in [-0.39, 0.29) is 17.7 Å². The van der Waals surface area contributed by atoms with Crippen LogP contribution in [0.2, 0.25) is 0 Å². The molecule has 1 aromatic rings. The van der Waals surface area contributed by atoms with Crippen LogP contribution in [0.1, 0.15) is 29.3 Å². The molecular weight excluding hydrogens is 266 g/mol. The van der Waals surface area contributed by atoms with Crippen LogP contribution in [0.15, 0.2) is 12.1 Å². The Morgan fingerprint density at radius 3 is 2.80 bits per heavy atom. The fourth-order valence-corrected chi connectivity index (χ4v) is 2.32. The first-order valence-corrected chi connectivity index (χ1v) is 6.58. The molecule has 6 heteroatoms. The molecule has 0 aliphatic heterocycles. The maximum Gasteiger partial charge on any atom is 0.257 e. The maximum absolute atomic E-state index is 13.9.